The third kappa shape index (κ3) is 8.45. The molecular weight excluding hydrogens is 528 g/mol. The Morgan fingerprint density at radius 2 is 1.75 bits per heavy atom. The number of thiophene rings is 1. The molecule has 1 saturated heterocycles. The van der Waals surface area contributed by atoms with Crippen LogP contribution in [0.25, 0.3) is 0 Å². The molecule has 0 bridgehead atoms. The average Bonchev–Trinajstić information content (AvgIpc) is 3.40. The molecule has 0 aliphatic carbocycles. The Balaban J connectivity index is 1.52. The zero-order chi connectivity index (χ0) is 28.3. The van der Waals surface area contributed by atoms with Crippen LogP contribution in [0.4, 0.5) is 10.5 Å². The number of morpholine rings is 1. The molecule has 10 heteroatoms. The Bertz CT molecular complexity index is 1250. The molecule has 0 radical (unpaired) electrons. The predicted octanol–water partition coefficient (Wildman–Crippen LogP) is 4.47. The number of benzene rings is 2. The molecule has 1 fully saturated rings. The number of carbonyl (C=O) groups is 2. The summed E-state index contributed by atoms with van der Waals surface area (Å²) in [5, 5.41) is 2.94. The van der Waals surface area contributed by atoms with Crippen LogP contribution in [0, 0.1) is 6.92 Å². The van der Waals surface area contributed by atoms with E-state index in [0.717, 1.165) is 23.5 Å². The summed E-state index contributed by atoms with van der Waals surface area (Å²) in [6.45, 7) is 6.92. The van der Waals surface area contributed by atoms with Crippen molar-refractivity contribution in [1.82, 2.24) is 14.7 Å². The third-order valence-corrected chi connectivity index (χ3v) is 7.75. The van der Waals surface area contributed by atoms with Crippen LogP contribution in [-0.2, 0) is 22.6 Å². The van der Waals surface area contributed by atoms with Crippen LogP contribution in [0.15, 0.2) is 60.7 Å². The second kappa shape index (κ2) is 14.7. The molecule has 3 aromatic rings. The summed E-state index contributed by atoms with van der Waals surface area (Å²) < 4.78 is 16.2. The lowest BCUT2D eigenvalue weighted by Crippen LogP contribution is -2.48. The molecule has 2 aromatic carbocycles. The minimum absolute atomic E-state index is 0.0498. The van der Waals surface area contributed by atoms with Crippen molar-refractivity contribution in [2.24, 2.45) is 0 Å². The van der Waals surface area contributed by atoms with Crippen LogP contribution in [0.5, 0.6) is 11.5 Å². The van der Waals surface area contributed by atoms with Gasteiger partial charge in [0.2, 0.25) is 5.91 Å². The molecule has 40 heavy (non-hydrogen) atoms. The summed E-state index contributed by atoms with van der Waals surface area (Å²) in [4.78, 5) is 35.4. The maximum absolute atomic E-state index is 13.8. The lowest BCUT2D eigenvalue weighted by atomic mass is 10.2. The summed E-state index contributed by atoms with van der Waals surface area (Å²) in [5.41, 5.74) is 1.55. The maximum Gasteiger partial charge on any atom is 0.322 e. The van der Waals surface area contributed by atoms with Crippen LogP contribution < -0.4 is 14.8 Å². The Hall–Kier alpha value is -3.60. The molecule has 0 atom stereocenters. The molecule has 1 aliphatic heterocycles. The van der Waals surface area contributed by atoms with Gasteiger partial charge in [-0.3, -0.25) is 9.69 Å². The van der Waals surface area contributed by atoms with Crippen molar-refractivity contribution in [3.8, 4) is 11.5 Å². The SMILES string of the molecule is COc1ccc(NC(=O)N(CCN2CCOCC2)CC(=O)N(Cc2ccccc2)Cc2ccc(C)s2)c(OC)c1. The zero-order valence-electron chi connectivity index (χ0n) is 23.4. The highest BCUT2D eigenvalue weighted by atomic mass is 32.1. The van der Waals surface area contributed by atoms with Crippen molar-refractivity contribution in [3.05, 3.63) is 76.0 Å². The lowest BCUT2D eigenvalue weighted by Gasteiger charge is -2.31. The molecule has 1 aromatic heterocycles. The number of anilines is 1. The number of hydrogen-bond donors (Lipinski definition) is 1. The van der Waals surface area contributed by atoms with Gasteiger partial charge in [-0.2, -0.15) is 0 Å². The largest absolute Gasteiger partial charge is 0.497 e. The van der Waals surface area contributed by atoms with Crippen molar-refractivity contribution in [1.29, 1.82) is 0 Å². The van der Waals surface area contributed by atoms with E-state index >= 15 is 0 Å². The van der Waals surface area contributed by atoms with Gasteiger partial charge < -0.3 is 29.3 Å². The average molecular weight is 567 g/mol. The Morgan fingerprint density at radius 1 is 0.975 bits per heavy atom. The third-order valence-electron chi connectivity index (χ3n) is 6.77. The smallest absolute Gasteiger partial charge is 0.322 e. The first-order chi connectivity index (χ1) is 19.4. The number of amides is 3. The first-order valence-corrected chi connectivity index (χ1v) is 14.2. The number of urea groups is 1. The highest BCUT2D eigenvalue weighted by Gasteiger charge is 2.24. The molecule has 1 N–H and O–H groups in total. The number of aryl methyl sites for hydroxylation is 1. The van der Waals surface area contributed by atoms with Gasteiger partial charge in [-0.05, 0) is 36.8 Å². The van der Waals surface area contributed by atoms with Gasteiger partial charge in [-0.25, -0.2) is 4.79 Å². The number of nitrogens with zero attached hydrogens (tertiary/aromatic N) is 3. The molecule has 0 saturated carbocycles. The normalized spacial score (nSPS) is 13.5. The predicted molar refractivity (Wildman–Crippen MR) is 157 cm³/mol. The van der Waals surface area contributed by atoms with E-state index in [2.05, 4.69) is 29.3 Å². The van der Waals surface area contributed by atoms with Crippen molar-refractivity contribution in [2.45, 2.75) is 20.0 Å². The minimum atomic E-state index is -0.364. The topological polar surface area (TPSA) is 83.6 Å². The van der Waals surface area contributed by atoms with Crippen molar-refractivity contribution >= 4 is 29.0 Å². The number of ether oxygens (including phenoxy) is 3. The van der Waals surface area contributed by atoms with Gasteiger partial charge in [0, 0.05) is 48.5 Å². The second-order valence-corrected chi connectivity index (χ2v) is 11.0. The van der Waals surface area contributed by atoms with Crippen molar-refractivity contribution in [3.63, 3.8) is 0 Å². The van der Waals surface area contributed by atoms with E-state index < -0.39 is 0 Å². The monoisotopic (exact) mass is 566 g/mol. The number of methoxy groups -OCH3 is 2. The van der Waals surface area contributed by atoms with Crippen LogP contribution in [-0.4, -0.2) is 86.8 Å². The van der Waals surface area contributed by atoms with E-state index in [4.69, 9.17) is 14.2 Å². The van der Waals surface area contributed by atoms with Crippen LogP contribution >= 0.6 is 11.3 Å². The van der Waals surface area contributed by atoms with Crippen LogP contribution in [0.2, 0.25) is 0 Å². The molecule has 0 spiro atoms. The summed E-state index contributed by atoms with van der Waals surface area (Å²) in [6.07, 6.45) is 0. The molecule has 1 aliphatic rings. The second-order valence-electron chi connectivity index (χ2n) is 9.62. The molecule has 2 heterocycles. The zero-order valence-corrected chi connectivity index (χ0v) is 24.2. The fourth-order valence-electron chi connectivity index (χ4n) is 4.49. The van der Waals surface area contributed by atoms with Crippen LogP contribution in [0.3, 0.4) is 0 Å². The first kappa shape index (κ1) is 29.4. The summed E-state index contributed by atoms with van der Waals surface area (Å²) >= 11 is 1.68. The quantitative estimate of drug-likeness (QED) is 0.348. The molecule has 214 valence electrons. The van der Waals surface area contributed by atoms with E-state index in [1.165, 1.54) is 12.0 Å². The highest BCUT2D eigenvalue weighted by molar-refractivity contribution is 7.11. The fraction of sp³-hybridized carbons (Fsp3) is 0.400. The number of hydrogen-bond acceptors (Lipinski definition) is 7. The van der Waals surface area contributed by atoms with E-state index in [-0.39, 0.29) is 18.5 Å². The Kier molecular flexibility index (Phi) is 10.8. The Morgan fingerprint density at radius 3 is 2.42 bits per heavy atom. The van der Waals surface area contributed by atoms with Gasteiger partial charge in [0.05, 0.1) is 39.7 Å². The van der Waals surface area contributed by atoms with E-state index in [1.54, 1.807) is 41.5 Å². The van der Waals surface area contributed by atoms with Crippen LogP contribution in [0.1, 0.15) is 15.3 Å². The van der Waals surface area contributed by atoms with Gasteiger partial charge >= 0.3 is 6.03 Å². The van der Waals surface area contributed by atoms with Crippen molar-refractivity contribution < 1.29 is 23.8 Å². The van der Waals surface area contributed by atoms with Gasteiger partial charge in [0.15, 0.2) is 0 Å². The Labute approximate surface area is 240 Å². The van der Waals surface area contributed by atoms with Gasteiger partial charge in [-0.1, -0.05) is 30.3 Å². The molecule has 9 nitrogen and oxygen atoms in total. The van der Waals surface area contributed by atoms with E-state index in [0.29, 0.717) is 56.6 Å². The van der Waals surface area contributed by atoms with E-state index in [9.17, 15) is 9.59 Å². The molecule has 0 unspecified atom stereocenters. The number of rotatable bonds is 12. The number of nitrogens with one attached hydrogen (secondary N) is 1. The first-order valence-electron chi connectivity index (χ1n) is 13.4. The fourth-order valence-corrected chi connectivity index (χ4v) is 5.40. The highest BCUT2D eigenvalue weighted by Crippen LogP contribution is 2.29. The minimum Gasteiger partial charge on any atom is -0.497 e. The molecule has 3 amide bonds. The lowest BCUT2D eigenvalue weighted by molar-refractivity contribution is -0.133. The van der Waals surface area contributed by atoms with Crippen molar-refractivity contribution in [2.75, 3.05) is 65.5 Å². The summed E-state index contributed by atoms with van der Waals surface area (Å²) in [6, 6.07) is 18.9. The van der Waals surface area contributed by atoms with E-state index in [1.807, 2.05) is 35.2 Å². The maximum atomic E-state index is 13.8. The standard InChI is InChI=1S/C30H38N4O5S/c1-23-9-11-26(40-23)21-34(20-24-7-5-4-6-8-24)29(35)22-33(14-13-32-15-17-39-18-16-32)30(36)31-27-12-10-25(37-2)19-28(27)38-3/h4-12,19H,13-18,20-22H2,1-3H3,(H,31,36). The van der Waals surface area contributed by atoms with Gasteiger partial charge in [0.1, 0.15) is 18.0 Å². The van der Waals surface area contributed by atoms with Gasteiger partial charge in [-0.15, -0.1) is 11.3 Å². The summed E-state index contributed by atoms with van der Waals surface area (Å²) in [7, 11) is 3.11. The summed E-state index contributed by atoms with van der Waals surface area (Å²) in [5.74, 6) is 0.981. The van der Waals surface area contributed by atoms with Gasteiger partial charge in [0.25, 0.3) is 0 Å². The number of carbonyl (C=O) groups excluding carboxylic acids is 2. The molecule has 4 rings (SSSR count). The molecular formula is C30H38N4O5S.